The number of halogens is 6. The topological polar surface area (TPSA) is 106 Å². The van der Waals surface area contributed by atoms with Crippen molar-refractivity contribution in [3.8, 4) is 22.8 Å². The number of nitrogens with one attached hydrogen (secondary N) is 1. The Balaban J connectivity index is 1.40. The van der Waals surface area contributed by atoms with Gasteiger partial charge in [0.2, 0.25) is 5.60 Å². The molecule has 2 aromatic heterocycles. The van der Waals surface area contributed by atoms with Crippen molar-refractivity contribution < 1.29 is 45.7 Å². The highest BCUT2D eigenvalue weighted by Gasteiger charge is 2.57. The predicted molar refractivity (Wildman–Crippen MR) is 149 cm³/mol. The van der Waals surface area contributed by atoms with E-state index in [0.717, 1.165) is 31.0 Å². The highest BCUT2D eigenvalue weighted by molar-refractivity contribution is 6.00. The van der Waals surface area contributed by atoms with E-state index in [-0.39, 0.29) is 40.0 Å². The first kappa shape index (κ1) is 30.6. The van der Waals surface area contributed by atoms with Crippen LogP contribution < -0.4 is 14.8 Å². The fraction of sp³-hybridized carbons (Fsp3) is 0.355. The maximum atomic E-state index is 14.7. The molecule has 0 bridgehead atoms. The molecule has 1 unspecified atom stereocenters. The van der Waals surface area contributed by atoms with Crippen LogP contribution in [0.4, 0.5) is 26.3 Å². The zero-order chi connectivity index (χ0) is 32.1. The third-order valence-electron chi connectivity index (χ3n) is 7.92. The lowest BCUT2D eigenvalue weighted by atomic mass is 9.82. The third-order valence-corrected chi connectivity index (χ3v) is 7.92. The third kappa shape index (κ3) is 5.51. The monoisotopic (exact) mass is 632 g/mol. The molecular formula is C31H26F6N4O4. The highest BCUT2D eigenvalue weighted by Crippen LogP contribution is 2.48. The van der Waals surface area contributed by atoms with E-state index in [1.54, 1.807) is 13.0 Å². The number of aryl methyl sites for hydroxylation is 1. The molecule has 1 fully saturated rings. The van der Waals surface area contributed by atoms with Crippen molar-refractivity contribution >= 4 is 16.8 Å². The second kappa shape index (κ2) is 11.2. The van der Waals surface area contributed by atoms with Gasteiger partial charge in [0.05, 0.1) is 29.5 Å². The minimum Gasteiger partial charge on any atom is -0.490 e. The van der Waals surface area contributed by atoms with Gasteiger partial charge >= 0.3 is 6.18 Å². The fourth-order valence-electron chi connectivity index (χ4n) is 5.10. The zero-order valence-electron chi connectivity index (χ0n) is 23.7. The van der Waals surface area contributed by atoms with Gasteiger partial charge in [-0.25, -0.2) is 18.2 Å². The van der Waals surface area contributed by atoms with Gasteiger partial charge < -0.3 is 19.9 Å². The van der Waals surface area contributed by atoms with E-state index in [1.165, 1.54) is 24.3 Å². The predicted octanol–water partition coefficient (Wildman–Crippen LogP) is 5.43. The lowest BCUT2D eigenvalue weighted by molar-refractivity contribution is -0.265. The standard InChI is InChI=1S/C31H26F6N4O4/c1-16-8-18-9-19(10-23(25(18)41-40-16)45-21-6-7-21)28(42)38-14-30(43,31(35,36)37)24-11-22-27(44-15-29(22,12-32)13-33)26(39-24)17-2-4-20(34)5-3-17/h2-5,8-11,21,43H,6-7,12-15H2,1H3,(H,38,42). The summed E-state index contributed by atoms with van der Waals surface area (Å²) in [5.41, 5.74) is -6.45. The van der Waals surface area contributed by atoms with Crippen LogP contribution in [0.5, 0.6) is 11.5 Å². The van der Waals surface area contributed by atoms with Crippen LogP contribution in [0, 0.1) is 12.7 Å². The number of carbonyl (C=O) groups excluding carboxylic acids is 1. The van der Waals surface area contributed by atoms with Gasteiger partial charge in [0, 0.05) is 22.1 Å². The van der Waals surface area contributed by atoms with Crippen LogP contribution in [-0.4, -0.2) is 65.0 Å². The van der Waals surface area contributed by atoms with E-state index < -0.39 is 61.1 Å². The number of aromatic nitrogens is 3. The quantitative estimate of drug-likeness (QED) is 0.237. The maximum Gasteiger partial charge on any atom is 0.424 e. The van der Waals surface area contributed by atoms with E-state index in [9.17, 15) is 36.2 Å². The molecule has 0 radical (unpaired) electrons. The summed E-state index contributed by atoms with van der Waals surface area (Å²) in [5.74, 6) is -1.58. The number of hydrogen-bond acceptors (Lipinski definition) is 7. The Morgan fingerprint density at radius 3 is 2.44 bits per heavy atom. The normalized spacial score (nSPS) is 17.0. The molecule has 236 valence electrons. The van der Waals surface area contributed by atoms with Gasteiger partial charge in [-0.15, -0.1) is 5.10 Å². The number of hydrogen-bond donors (Lipinski definition) is 2. The highest BCUT2D eigenvalue weighted by atomic mass is 19.4. The maximum absolute atomic E-state index is 14.7. The van der Waals surface area contributed by atoms with Gasteiger partial charge in [-0.05, 0) is 68.3 Å². The van der Waals surface area contributed by atoms with Crippen LogP contribution in [0.1, 0.15) is 40.2 Å². The molecule has 3 heterocycles. The summed E-state index contributed by atoms with van der Waals surface area (Å²) in [5, 5.41) is 22.0. The number of benzene rings is 2. The average molecular weight is 633 g/mol. The first-order chi connectivity index (χ1) is 21.4. The molecule has 8 nitrogen and oxygen atoms in total. The number of ether oxygens (including phenoxy) is 2. The molecule has 2 aromatic carbocycles. The van der Waals surface area contributed by atoms with Gasteiger partial charge in [-0.2, -0.15) is 18.3 Å². The first-order valence-electron chi connectivity index (χ1n) is 14.0. The van der Waals surface area contributed by atoms with Crippen LogP contribution >= 0.6 is 0 Å². The largest absolute Gasteiger partial charge is 0.490 e. The van der Waals surface area contributed by atoms with Crippen molar-refractivity contribution in [3.63, 3.8) is 0 Å². The van der Waals surface area contributed by atoms with Gasteiger partial charge in [0.1, 0.15) is 48.5 Å². The average Bonchev–Trinajstić information content (AvgIpc) is 3.76. The summed E-state index contributed by atoms with van der Waals surface area (Å²) in [4.78, 5) is 17.3. The van der Waals surface area contributed by atoms with Gasteiger partial charge in [-0.1, -0.05) is 0 Å². The molecule has 1 atom stereocenters. The van der Waals surface area contributed by atoms with Crippen molar-refractivity contribution in [1.29, 1.82) is 0 Å². The molecule has 0 spiro atoms. The summed E-state index contributed by atoms with van der Waals surface area (Å²) < 4.78 is 97.6. The van der Waals surface area contributed by atoms with Gasteiger partial charge in [0.15, 0.2) is 0 Å². The Labute approximate surface area is 252 Å². The molecule has 1 aliphatic heterocycles. The number of carbonyl (C=O) groups is 1. The summed E-state index contributed by atoms with van der Waals surface area (Å²) in [6, 6.07) is 9.59. The summed E-state index contributed by atoms with van der Waals surface area (Å²) in [6.07, 6.45) is -3.93. The van der Waals surface area contributed by atoms with E-state index in [2.05, 4.69) is 20.5 Å². The summed E-state index contributed by atoms with van der Waals surface area (Å²) >= 11 is 0. The molecule has 1 amide bonds. The Morgan fingerprint density at radius 2 is 1.80 bits per heavy atom. The van der Waals surface area contributed by atoms with Crippen molar-refractivity contribution in [1.82, 2.24) is 20.5 Å². The van der Waals surface area contributed by atoms with Crippen LogP contribution in [0.25, 0.3) is 22.2 Å². The molecule has 4 aromatic rings. The van der Waals surface area contributed by atoms with Crippen LogP contribution in [0.15, 0.2) is 48.5 Å². The number of fused-ring (bicyclic) bond motifs is 2. The molecular weight excluding hydrogens is 606 g/mol. The lowest BCUT2D eigenvalue weighted by Gasteiger charge is -2.31. The molecule has 14 heteroatoms. The van der Waals surface area contributed by atoms with Crippen molar-refractivity contribution in [2.24, 2.45) is 0 Å². The molecule has 1 saturated carbocycles. The number of rotatable bonds is 9. The molecule has 45 heavy (non-hydrogen) atoms. The van der Waals surface area contributed by atoms with Crippen molar-refractivity contribution in [3.05, 3.63) is 76.9 Å². The SMILES string of the molecule is Cc1cc2cc(C(=O)NCC(O)(c3cc4c(c(-c5ccc(F)cc5)n3)OCC4(CF)CF)C(F)(F)F)cc(OC3CC3)c2nn1. The summed E-state index contributed by atoms with van der Waals surface area (Å²) in [6.45, 7) is -2.90. The molecule has 6 rings (SSSR count). The van der Waals surface area contributed by atoms with E-state index >= 15 is 0 Å². The van der Waals surface area contributed by atoms with Crippen molar-refractivity contribution in [2.45, 2.75) is 43.1 Å². The summed E-state index contributed by atoms with van der Waals surface area (Å²) in [7, 11) is 0. The number of aliphatic hydroxyl groups is 1. The van der Waals surface area contributed by atoms with E-state index in [1.807, 2.05) is 0 Å². The number of pyridine rings is 1. The van der Waals surface area contributed by atoms with Crippen LogP contribution in [0.2, 0.25) is 0 Å². The molecule has 1 aliphatic carbocycles. The smallest absolute Gasteiger partial charge is 0.424 e. The Kier molecular flexibility index (Phi) is 7.58. The molecule has 2 N–H and O–H groups in total. The minimum atomic E-state index is -5.43. The van der Waals surface area contributed by atoms with Gasteiger partial charge in [0.25, 0.3) is 5.91 Å². The minimum absolute atomic E-state index is 0.0636. The second-order valence-electron chi connectivity index (χ2n) is 11.3. The van der Waals surface area contributed by atoms with E-state index in [0.29, 0.717) is 16.6 Å². The lowest BCUT2D eigenvalue weighted by Crippen LogP contribution is -2.51. The number of alkyl halides is 5. The number of amides is 1. The van der Waals surface area contributed by atoms with Crippen LogP contribution in [-0.2, 0) is 11.0 Å². The second-order valence-corrected chi connectivity index (χ2v) is 11.3. The number of nitrogens with zero attached hydrogens (tertiary/aromatic N) is 3. The van der Waals surface area contributed by atoms with E-state index in [4.69, 9.17) is 9.47 Å². The van der Waals surface area contributed by atoms with Gasteiger partial charge in [-0.3, -0.25) is 4.79 Å². The molecule has 0 saturated heterocycles. The Morgan fingerprint density at radius 1 is 1.09 bits per heavy atom. The van der Waals surface area contributed by atoms with Crippen molar-refractivity contribution in [2.75, 3.05) is 26.5 Å². The first-order valence-corrected chi connectivity index (χ1v) is 14.0. The Hall–Kier alpha value is -4.46. The zero-order valence-corrected chi connectivity index (χ0v) is 23.7. The fourth-order valence-corrected chi connectivity index (χ4v) is 5.10. The molecule has 2 aliphatic rings. The Bertz CT molecular complexity index is 1780. The van der Waals surface area contributed by atoms with Crippen LogP contribution in [0.3, 0.4) is 0 Å².